The smallest absolute Gasteiger partial charge is 0.338 e. The Labute approximate surface area is 155 Å². The third kappa shape index (κ3) is 5.50. The molecule has 0 aliphatic rings. The molecule has 0 fully saturated rings. The molecule has 0 radical (unpaired) electrons. The minimum atomic E-state index is -1.18. The number of nitrogens with one attached hydrogen (secondary N) is 2. The Kier molecular flexibility index (Phi) is 6.81. The number of ether oxygens (including phenoxy) is 2. The predicted molar refractivity (Wildman–Crippen MR) is 94.0 cm³/mol. The van der Waals surface area contributed by atoms with E-state index in [0.717, 1.165) is 17.9 Å². The van der Waals surface area contributed by atoms with Gasteiger partial charge in [-0.1, -0.05) is 6.07 Å². The molecule has 1 heterocycles. The molecule has 0 bridgehead atoms. The van der Waals surface area contributed by atoms with E-state index in [0.29, 0.717) is 18.0 Å². The van der Waals surface area contributed by atoms with Crippen LogP contribution >= 0.6 is 0 Å². The molecular formula is C18H20N2O7. The van der Waals surface area contributed by atoms with E-state index in [1.807, 2.05) is 6.92 Å². The average molecular weight is 376 g/mol. The molecule has 1 aromatic carbocycles. The van der Waals surface area contributed by atoms with Gasteiger partial charge in [-0.3, -0.25) is 9.59 Å². The number of benzene rings is 1. The fourth-order valence-electron chi connectivity index (χ4n) is 2.17. The van der Waals surface area contributed by atoms with Crippen molar-refractivity contribution < 1.29 is 33.4 Å². The van der Waals surface area contributed by atoms with Crippen LogP contribution in [0.2, 0.25) is 0 Å². The number of aromatic carboxylic acids is 1. The molecule has 3 N–H and O–H groups in total. The molecule has 2 amide bonds. The average Bonchev–Trinajstić information content (AvgIpc) is 3.15. The van der Waals surface area contributed by atoms with E-state index < -0.39 is 11.9 Å². The molecule has 0 aliphatic heterocycles. The number of likely N-dealkylation sites (N-methyl/N-ethyl adjacent to an activating group) is 1. The molecule has 0 unspecified atom stereocenters. The number of hydrogen-bond donors (Lipinski definition) is 3. The molecule has 27 heavy (non-hydrogen) atoms. The first-order valence-corrected chi connectivity index (χ1v) is 8.11. The largest absolute Gasteiger partial charge is 0.493 e. The lowest BCUT2D eigenvalue weighted by Gasteiger charge is -2.12. The Morgan fingerprint density at radius 2 is 1.93 bits per heavy atom. The zero-order valence-electron chi connectivity index (χ0n) is 14.9. The lowest BCUT2D eigenvalue weighted by atomic mass is 10.2. The third-order valence-corrected chi connectivity index (χ3v) is 3.48. The molecule has 2 aromatic rings. The van der Waals surface area contributed by atoms with Crippen molar-refractivity contribution in [3.8, 4) is 11.5 Å². The summed E-state index contributed by atoms with van der Waals surface area (Å²) < 4.78 is 15.6. The molecule has 144 valence electrons. The van der Waals surface area contributed by atoms with Crippen LogP contribution in [-0.4, -0.2) is 43.2 Å². The summed E-state index contributed by atoms with van der Waals surface area (Å²) in [6.45, 7) is 2.36. The summed E-state index contributed by atoms with van der Waals surface area (Å²) in [4.78, 5) is 34.3. The summed E-state index contributed by atoms with van der Waals surface area (Å²) in [6.07, 6.45) is 1.00. The van der Waals surface area contributed by atoms with Crippen LogP contribution in [0.3, 0.4) is 0 Å². The van der Waals surface area contributed by atoms with Gasteiger partial charge in [-0.2, -0.15) is 0 Å². The Morgan fingerprint density at radius 3 is 2.56 bits per heavy atom. The monoisotopic (exact) mass is 376 g/mol. The highest BCUT2D eigenvalue weighted by atomic mass is 16.5. The number of hydrogen-bond acceptors (Lipinski definition) is 6. The van der Waals surface area contributed by atoms with Crippen LogP contribution in [0.15, 0.2) is 34.9 Å². The van der Waals surface area contributed by atoms with Gasteiger partial charge >= 0.3 is 5.97 Å². The Balaban J connectivity index is 1.97. The van der Waals surface area contributed by atoms with Gasteiger partial charge < -0.3 is 29.6 Å². The summed E-state index contributed by atoms with van der Waals surface area (Å²) in [5.74, 6) is -1.24. The third-order valence-electron chi connectivity index (χ3n) is 3.48. The topological polar surface area (TPSA) is 127 Å². The van der Waals surface area contributed by atoms with E-state index in [9.17, 15) is 14.4 Å². The van der Waals surface area contributed by atoms with Crippen molar-refractivity contribution >= 4 is 17.8 Å². The Hall–Kier alpha value is -3.49. The molecular weight excluding hydrogens is 356 g/mol. The fraction of sp³-hybridized carbons (Fsp3) is 0.278. The number of rotatable bonds is 9. The van der Waals surface area contributed by atoms with Gasteiger partial charge in [-0.05, 0) is 24.6 Å². The quantitative estimate of drug-likeness (QED) is 0.604. The van der Waals surface area contributed by atoms with Gasteiger partial charge in [0.15, 0.2) is 23.9 Å². The molecule has 9 nitrogen and oxygen atoms in total. The van der Waals surface area contributed by atoms with Gasteiger partial charge in [0.05, 0.1) is 12.7 Å². The second kappa shape index (κ2) is 9.27. The fourth-order valence-corrected chi connectivity index (χ4v) is 2.17. The van der Waals surface area contributed by atoms with Crippen molar-refractivity contribution in [3.05, 3.63) is 47.4 Å². The Morgan fingerprint density at radius 1 is 1.15 bits per heavy atom. The van der Waals surface area contributed by atoms with Crippen LogP contribution in [0, 0.1) is 0 Å². The van der Waals surface area contributed by atoms with Crippen LogP contribution < -0.4 is 20.1 Å². The highest BCUT2D eigenvalue weighted by Crippen LogP contribution is 2.28. The van der Waals surface area contributed by atoms with Crippen LogP contribution in [0.1, 0.15) is 33.4 Å². The van der Waals surface area contributed by atoms with E-state index in [2.05, 4.69) is 10.6 Å². The first kappa shape index (κ1) is 19.8. The number of carbonyl (C=O) groups is 3. The van der Waals surface area contributed by atoms with E-state index in [1.54, 1.807) is 18.2 Å². The van der Waals surface area contributed by atoms with Crippen molar-refractivity contribution in [1.82, 2.24) is 10.6 Å². The van der Waals surface area contributed by atoms with Crippen molar-refractivity contribution in [1.29, 1.82) is 0 Å². The second-order valence-electron chi connectivity index (χ2n) is 5.41. The molecule has 2 rings (SSSR count). The normalized spacial score (nSPS) is 10.1. The highest BCUT2D eigenvalue weighted by molar-refractivity contribution is 5.95. The zero-order valence-corrected chi connectivity index (χ0v) is 14.9. The molecule has 0 spiro atoms. The number of methoxy groups -OCH3 is 1. The summed E-state index contributed by atoms with van der Waals surface area (Å²) in [5, 5.41) is 14.1. The lowest BCUT2D eigenvalue weighted by Crippen LogP contribution is -2.28. The van der Waals surface area contributed by atoms with Crippen molar-refractivity contribution in [2.24, 2.45) is 0 Å². The van der Waals surface area contributed by atoms with Gasteiger partial charge in [0.2, 0.25) is 0 Å². The second-order valence-corrected chi connectivity index (χ2v) is 5.41. The van der Waals surface area contributed by atoms with Crippen LogP contribution in [-0.2, 0) is 11.3 Å². The molecule has 0 saturated carbocycles. The number of furan rings is 1. The van der Waals surface area contributed by atoms with Crippen LogP contribution in [0.5, 0.6) is 11.5 Å². The molecule has 9 heteroatoms. The van der Waals surface area contributed by atoms with Crippen LogP contribution in [0.4, 0.5) is 0 Å². The van der Waals surface area contributed by atoms with Crippen molar-refractivity contribution in [2.45, 2.75) is 13.5 Å². The summed E-state index contributed by atoms with van der Waals surface area (Å²) in [6, 6.07) is 6.16. The number of carbonyl (C=O) groups excluding carboxylic acids is 2. The maximum atomic E-state index is 12.0. The zero-order chi connectivity index (χ0) is 19.8. The Bertz CT molecular complexity index is 829. The van der Waals surface area contributed by atoms with Gasteiger partial charge in [0.1, 0.15) is 6.26 Å². The van der Waals surface area contributed by atoms with Gasteiger partial charge in [0, 0.05) is 19.2 Å². The van der Waals surface area contributed by atoms with Gasteiger partial charge in [0.25, 0.3) is 11.8 Å². The SMILES string of the molecule is CCNC(=O)COc1ccc(CNC(=O)c2cc(C(=O)O)co2)cc1OC. The maximum absolute atomic E-state index is 12.0. The van der Waals surface area contributed by atoms with Crippen LogP contribution in [0.25, 0.3) is 0 Å². The first-order valence-electron chi connectivity index (χ1n) is 8.11. The summed E-state index contributed by atoms with van der Waals surface area (Å²) in [5.41, 5.74) is 0.617. The maximum Gasteiger partial charge on any atom is 0.338 e. The molecule has 0 atom stereocenters. The molecule has 0 aliphatic carbocycles. The minimum Gasteiger partial charge on any atom is -0.493 e. The van der Waals surface area contributed by atoms with Gasteiger partial charge in [-0.25, -0.2) is 4.79 Å². The van der Waals surface area contributed by atoms with E-state index in [1.165, 1.54) is 7.11 Å². The van der Waals surface area contributed by atoms with Gasteiger partial charge in [-0.15, -0.1) is 0 Å². The lowest BCUT2D eigenvalue weighted by molar-refractivity contribution is -0.123. The number of carboxylic acids is 1. The minimum absolute atomic E-state index is 0.0961. The van der Waals surface area contributed by atoms with Crippen molar-refractivity contribution in [2.75, 3.05) is 20.3 Å². The van der Waals surface area contributed by atoms with E-state index >= 15 is 0 Å². The molecule has 1 aromatic heterocycles. The number of amides is 2. The summed E-state index contributed by atoms with van der Waals surface area (Å²) in [7, 11) is 1.47. The number of carboxylic acid groups (broad SMARTS) is 1. The van der Waals surface area contributed by atoms with Crippen molar-refractivity contribution in [3.63, 3.8) is 0 Å². The first-order chi connectivity index (χ1) is 12.9. The van der Waals surface area contributed by atoms with E-state index in [4.69, 9.17) is 19.0 Å². The molecule has 0 saturated heterocycles. The van der Waals surface area contributed by atoms with E-state index in [-0.39, 0.29) is 30.4 Å². The standard InChI is InChI=1S/C18H20N2O7/c1-3-19-16(21)10-27-13-5-4-11(6-14(13)25-2)8-20-17(22)15-7-12(9-26-15)18(23)24/h4-7,9H,3,8,10H2,1-2H3,(H,19,21)(H,20,22)(H,23,24). The summed E-state index contributed by atoms with van der Waals surface area (Å²) >= 11 is 0. The highest BCUT2D eigenvalue weighted by Gasteiger charge is 2.15. The predicted octanol–water partition coefficient (Wildman–Crippen LogP) is 1.43.